The Labute approximate surface area is 117 Å². The summed E-state index contributed by atoms with van der Waals surface area (Å²) < 4.78 is 1.92. The summed E-state index contributed by atoms with van der Waals surface area (Å²) in [6, 6.07) is 2.24. The Morgan fingerprint density at radius 3 is 3.20 bits per heavy atom. The molecule has 0 spiro atoms. The maximum atomic E-state index is 9.07. The van der Waals surface area contributed by atoms with Crippen molar-refractivity contribution in [1.82, 2.24) is 25.1 Å². The van der Waals surface area contributed by atoms with Gasteiger partial charge in [0.05, 0.1) is 25.0 Å². The summed E-state index contributed by atoms with van der Waals surface area (Å²) in [6.07, 6.45) is 8.56. The average Bonchev–Trinajstić information content (AvgIpc) is 2.91. The van der Waals surface area contributed by atoms with Crippen LogP contribution in [-0.4, -0.2) is 31.5 Å². The molecule has 2 aromatic heterocycles. The highest BCUT2D eigenvalue weighted by Gasteiger charge is 2.23. The number of hydrogen-bond acceptors (Lipinski definition) is 5. The van der Waals surface area contributed by atoms with Crippen molar-refractivity contribution in [3.05, 3.63) is 41.7 Å². The first-order valence-corrected chi connectivity index (χ1v) is 7.02. The van der Waals surface area contributed by atoms with Gasteiger partial charge >= 0.3 is 0 Å². The minimum atomic E-state index is 0.132. The van der Waals surface area contributed by atoms with Crippen LogP contribution in [-0.2, 0) is 19.5 Å². The number of hydrogen-bond donors (Lipinski definition) is 2. The van der Waals surface area contributed by atoms with E-state index in [0.717, 1.165) is 31.5 Å². The van der Waals surface area contributed by atoms with Crippen LogP contribution in [0.5, 0.6) is 0 Å². The van der Waals surface area contributed by atoms with Crippen molar-refractivity contribution in [2.24, 2.45) is 0 Å². The molecule has 0 radical (unpaired) electrons. The number of rotatable bonds is 5. The summed E-state index contributed by atoms with van der Waals surface area (Å²) in [4.78, 5) is 8.15. The highest BCUT2D eigenvalue weighted by molar-refractivity contribution is 5.25. The third kappa shape index (κ3) is 2.71. The Hall–Kier alpha value is -1.79. The van der Waals surface area contributed by atoms with E-state index in [2.05, 4.69) is 20.4 Å². The van der Waals surface area contributed by atoms with Gasteiger partial charge in [0.15, 0.2) is 0 Å². The molecule has 0 amide bonds. The molecule has 1 aliphatic carbocycles. The van der Waals surface area contributed by atoms with E-state index in [4.69, 9.17) is 5.11 Å². The minimum Gasteiger partial charge on any atom is -0.394 e. The second kappa shape index (κ2) is 6.11. The van der Waals surface area contributed by atoms with Crippen molar-refractivity contribution >= 4 is 0 Å². The first kappa shape index (κ1) is 13.2. The molecule has 0 saturated carbocycles. The maximum Gasteiger partial charge on any atom is 0.115 e. The van der Waals surface area contributed by atoms with Crippen molar-refractivity contribution in [1.29, 1.82) is 0 Å². The van der Waals surface area contributed by atoms with E-state index >= 15 is 0 Å². The average molecular weight is 273 g/mol. The zero-order chi connectivity index (χ0) is 13.8. The van der Waals surface area contributed by atoms with Crippen LogP contribution < -0.4 is 5.32 Å². The molecule has 0 bridgehead atoms. The largest absolute Gasteiger partial charge is 0.394 e. The molecule has 0 aromatic carbocycles. The predicted octanol–water partition coefficient (Wildman–Crippen LogP) is 0.833. The lowest BCUT2D eigenvalue weighted by Gasteiger charge is -2.24. The molecule has 2 heterocycles. The van der Waals surface area contributed by atoms with Crippen LogP contribution in [0.15, 0.2) is 24.8 Å². The van der Waals surface area contributed by atoms with Crippen LogP contribution in [0.2, 0.25) is 0 Å². The standard InChI is InChI=1S/C14H19N5O/c20-7-6-19-14-3-1-2-13(12(14)9-18-19)16-8-11-4-5-15-10-17-11/h4-5,9-10,13,16,20H,1-3,6-8H2. The van der Waals surface area contributed by atoms with Gasteiger partial charge in [0.2, 0.25) is 0 Å². The van der Waals surface area contributed by atoms with Crippen LogP contribution in [0.4, 0.5) is 0 Å². The van der Waals surface area contributed by atoms with Crippen molar-refractivity contribution in [2.45, 2.75) is 38.4 Å². The van der Waals surface area contributed by atoms with Gasteiger partial charge in [0.25, 0.3) is 0 Å². The Balaban J connectivity index is 1.70. The number of nitrogens with one attached hydrogen (secondary N) is 1. The second-order valence-electron chi connectivity index (χ2n) is 5.02. The van der Waals surface area contributed by atoms with Gasteiger partial charge in [-0.2, -0.15) is 5.10 Å². The lowest BCUT2D eigenvalue weighted by molar-refractivity contribution is 0.266. The summed E-state index contributed by atoms with van der Waals surface area (Å²) in [5, 5.41) is 17.0. The SMILES string of the molecule is OCCn1ncc2c1CCCC2NCc1ccncn1. The van der Waals surface area contributed by atoms with Crippen molar-refractivity contribution in [2.75, 3.05) is 6.61 Å². The van der Waals surface area contributed by atoms with Gasteiger partial charge in [-0.15, -0.1) is 0 Å². The van der Waals surface area contributed by atoms with Gasteiger partial charge in [0, 0.05) is 30.0 Å². The van der Waals surface area contributed by atoms with E-state index in [0.29, 0.717) is 12.6 Å². The molecule has 1 atom stereocenters. The molecule has 20 heavy (non-hydrogen) atoms. The second-order valence-corrected chi connectivity index (χ2v) is 5.02. The van der Waals surface area contributed by atoms with Gasteiger partial charge in [-0.1, -0.05) is 0 Å². The fourth-order valence-corrected chi connectivity index (χ4v) is 2.77. The molecular formula is C14H19N5O. The lowest BCUT2D eigenvalue weighted by atomic mass is 9.93. The van der Waals surface area contributed by atoms with Gasteiger partial charge in [-0.25, -0.2) is 9.97 Å². The fourth-order valence-electron chi connectivity index (χ4n) is 2.77. The molecule has 106 valence electrons. The van der Waals surface area contributed by atoms with E-state index < -0.39 is 0 Å². The molecule has 2 N–H and O–H groups in total. The Morgan fingerprint density at radius 1 is 1.45 bits per heavy atom. The zero-order valence-corrected chi connectivity index (χ0v) is 11.4. The van der Waals surface area contributed by atoms with Crippen molar-refractivity contribution in [3.63, 3.8) is 0 Å². The minimum absolute atomic E-state index is 0.132. The molecule has 2 aromatic rings. The third-order valence-corrected chi connectivity index (χ3v) is 3.75. The molecule has 0 aliphatic heterocycles. The summed E-state index contributed by atoms with van der Waals surface area (Å²) in [5.74, 6) is 0. The zero-order valence-electron chi connectivity index (χ0n) is 11.4. The van der Waals surface area contributed by atoms with Crippen LogP contribution in [0, 0.1) is 0 Å². The quantitative estimate of drug-likeness (QED) is 0.844. The van der Waals surface area contributed by atoms with Crippen LogP contribution in [0.1, 0.15) is 35.8 Å². The van der Waals surface area contributed by atoms with Crippen LogP contribution >= 0.6 is 0 Å². The smallest absolute Gasteiger partial charge is 0.115 e. The first-order chi connectivity index (χ1) is 9.88. The third-order valence-electron chi connectivity index (χ3n) is 3.75. The topological polar surface area (TPSA) is 75.9 Å². The Kier molecular flexibility index (Phi) is 4.03. The number of nitrogens with zero attached hydrogens (tertiary/aromatic N) is 4. The Morgan fingerprint density at radius 2 is 2.40 bits per heavy atom. The first-order valence-electron chi connectivity index (χ1n) is 7.02. The van der Waals surface area contributed by atoms with Gasteiger partial charge in [0.1, 0.15) is 6.33 Å². The van der Waals surface area contributed by atoms with Crippen LogP contribution in [0.3, 0.4) is 0 Å². The van der Waals surface area contributed by atoms with E-state index in [1.54, 1.807) is 12.5 Å². The fraction of sp³-hybridized carbons (Fsp3) is 0.500. The van der Waals surface area contributed by atoms with Crippen molar-refractivity contribution in [3.8, 4) is 0 Å². The number of fused-ring (bicyclic) bond motifs is 1. The molecule has 6 heteroatoms. The lowest BCUT2D eigenvalue weighted by Crippen LogP contribution is -2.25. The summed E-state index contributed by atoms with van der Waals surface area (Å²) in [6.45, 7) is 1.44. The number of aromatic nitrogens is 4. The molecular weight excluding hydrogens is 254 g/mol. The van der Waals surface area contributed by atoms with E-state index in [1.807, 2.05) is 16.9 Å². The predicted molar refractivity (Wildman–Crippen MR) is 73.9 cm³/mol. The number of aliphatic hydroxyl groups is 1. The summed E-state index contributed by atoms with van der Waals surface area (Å²) in [5.41, 5.74) is 3.51. The monoisotopic (exact) mass is 273 g/mol. The summed E-state index contributed by atoms with van der Waals surface area (Å²) in [7, 11) is 0. The molecule has 1 unspecified atom stereocenters. The van der Waals surface area contributed by atoms with E-state index in [1.165, 1.54) is 11.3 Å². The highest BCUT2D eigenvalue weighted by atomic mass is 16.3. The van der Waals surface area contributed by atoms with Gasteiger partial charge in [-0.3, -0.25) is 4.68 Å². The highest BCUT2D eigenvalue weighted by Crippen LogP contribution is 2.29. The van der Waals surface area contributed by atoms with Gasteiger partial charge < -0.3 is 10.4 Å². The van der Waals surface area contributed by atoms with Crippen LogP contribution in [0.25, 0.3) is 0 Å². The van der Waals surface area contributed by atoms with E-state index in [-0.39, 0.29) is 6.61 Å². The van der Waals surface area contributed by atoms with Gasteiger partial charge in [-0.05, 0) is 25.3 Å². The van der Waals surface area contributed by atoms with Crippen molar-refractivity contribution < 1.29 is 5.11 Å². The molecule has 6 nitrogen and oxygen atoms in total. The molecule has 3 rings (SSSR count). The molecule has 0 fully saturated rings. The normalized spacial score (nSPS) is 17.9. The molecule has 0 saturated heterocycles. The summed E-state index contributed by atoms with van der Waals surface area (Å²) >= 11 is 0. The number of aliphatic hydroxyl groups excluding tert-OH is 1. The maximum absolute atomic E-state index is 9.07. The molecule has 1 aliphatic rings. The van der Waals surface area contributed by atoms with E-state index in [9.17, 15) is 0 Å². The Bertz CT molecular complexity index is 554.